The summed E-state index contributed by atoms with van der Waals surface area (Å²) in [5.41, 5.74) is 1.20. The van der Waals surface area contributed by atoms with Crippen LogP contribution in [-0.4, -0.2) is 10.5 Å². The molecule has 0 aliphatic rings. The quantitative estimate of drug-likeness (QED) is 0.746. The molecule has 0 spiro atoms. The molecular formula is C10H14O2S. The van der Waals surface area contributed by atoms with Crippen molar-refractivity contribution in [3.8, 4) is 5.75 Å². The van der Waals surface area contributed by atoms with Crippen molar-refractivity contribution < 1.29 is 8.39 Å². The molecule has 0 N–H and O–H groups in total. The van der Waals surface area contributed by atoms with E-state index < -0.39 is 11.1 Å². The van der Waals surface area contributed by atoms with Crippen molar-refractivity contribution in [2.75, 3.05) is 6.26 Å². The van der Waals surface area contributed by atoms with Crippen LogP contribution in [0.5, 0.6) is 5.75 Å². The van der Waals surface area contributed by atoms with Crippen molar-refractivity contribution in [2.24, 2.45) is 0 Å². The first-order chi connectivity index (χ1) is 6.09. The molecule has 0 saturated carbocycles. The van der Waals surface area contributed by atoms with Gasteiger partial charge in [-0.1, -0.05) is 26.0 Å². The van der Waals surface area contributed by atoms with Gasteiger partial charge in [0.1, 0.15) is 5.75 Å². The molecule has 0 saturated heterocycles. The zero-order valence-electron chi connectivity index (χ0n) is 8.11. The van der Waals surface area contributed by atoms with Crippen LogP contribution in [0.15, 0.2) is 24.3 Å². The molecule has 72 valence electrons. The Labute approximate surface area is 81.6 Å². The van der Waals surface area contributed by atoms with Crippen LogP contribution in [0.25, 0.3) is 0 Å². The third kappa shape index (κ3) is 3.19. The molecule has 13 heavy (non-hydrogen) atoms. The summed E-state index contributed by atoms with van der Waals surface area (Å²) in [5, 5.41) is 0. The van der Waals surface area contributed by atoms with Crippen molar-refractivity contribution in [3.05, 3.63) is 29.8 Å². The zero-order chi connectivity index (χ0) is 9.84. The number of hydrogen-bond acceptors (Lipinski definition) is 2. The van der Waals surface area contributed by atoms with Crippen molar-refractivity contribution in [3.63, 3.8) is 0 Å². The van der Waals surface area contributed by atoms with Crippen LogP contribution in [0.2, 0.25) is 0 Å². The van der Waals surface area contributed by atoms with Crippen LogP contribution in [0.1, 0.15) is 25.3 Å². The van der Waals surface area contributed by atoms with Crippen LogP contribution in [0.3, 0.4) is 0 Å². The molecule has 0 aliphatic carbocycles. The third-order valence-electron chi connectivity index (χ3n) is 1.74. The molecular weight excluding hydrogens is 184 g/mol. The van der Waals surface area contributed by atoms with E-state index in [1.54, 1.807) is 0 Å². The molecule has 1 unspecified atom stereocenters. The van der Waals surface area contributed by atoms with Crippen molar-refractivity contribution in [2.45, 2.75) is 19.8 Å². The van der Waals surface area contributed by atoms with Gasteiger partial charge in [0.15, 0.2) is 0 Å². The second kappa shape index (κ2) is 4.42. The minimum atomic E-state index is -1.24. The highest BCUT2D eigenvalue weighted by Gasteiger charge is 2.01. The highest BCUT2D eigenvalue weighted by molar-refractivity contribution is 7.79. The fourth-order valence-electron chi connectivity index (χ4n) is 1.06. The molecule has 1 rings (SSSR count). The molecule has 0 aliphatic heterocycles. The maximum atomic E-state index is 10.8. The Morgan fingerprint density at radius 1 is 1.38 bits per heavy atom. The van der Waals surface area contributed by atoms with Gasteiger partial charge in [0, 0.05) is 6.26 Å². The number of benzene rings is 1. The first kappa shape index (κ1) is 10.3. The monoisotopic (exact) mass is 198 g/mol. The van der Waals surface area contributed by atoms with Crippen LogP contribution >= 0.6 is 0 Å². The summed E-state index contributed by atoms with van der Waals surface area (Å²) in [4.78, 5) is 0. The van der Waals surface area contributed by atoms with Crippen molar-refractivity contribution >= 4 is 11.1 Å². The predicted octanol–water partition coefficient (Wildman–Crippen LogP) is 2.48. The van der Waals surface area contributed by atoms with Crippen LogP contribution < -0.4 is 4.18 Å². The summed E-state index contributed by atoms with van der Waals surface area (Å²) in [7, 11) is 0. The minimum Gasteiger partial charge on any atom is -0.401 e. The lowest BCUT2D eigenvalue weighted by atomic mass is 10.0. The van der Waals surface area contributed by atoms with Gasteiger partial charge in [0.25, 0.3) is 0 Å². The maximum absolute atomic E-state index is 10.8. The Balaban J connectivity index is 2.85. The van der Waals surface area contributed by atoms with Gasteiger partial charge in [-0.25, -0.2) is 4.21 Å². The molecule has 3 heteroatoms. The van der Waals surface area contributed by atoms with E-state index in [0.29, 0.717) is 11.7 Å². The Morgan fingerprint density at radius 2 is 2.08 bits per heavy atom. The molecule has 0 fully saturated rings. The summed E-state index contributed by atoms with van der Waals surface area (Å²) in [6.07, 6.45) is 1.52. The first-order valence-electron chi connectivity index (χ1n) is 4.21. The van der Waals surface area contributed by atoms with E-state index >= 15 is 0 Å². The SMILES string of the molecule is CC(C)c1cccc(OS(C)=O)c1. The van der Waals surface area contributed by atoms with Gasteiger partial charge in [-0.3, -0.25) is 0 Å². The summed E-state index contributed by atoms with van der Waals surface area (Å²) in [6.45, 7) is 4.23. The van der Waals surface area contributed by atoms with Gasteiger partial charge in [0.2, 0.25) is 11.1 Å². The fraction of sp³-hybridized carbons (Fsp3) is 0.400. The molecule has 1 aromatic carbocycles. The van der Waals surface area contributed by atoms with E-state index in [2.05, 4.69) is 13.8 Å². The average Bonchev–Trinajstić information content (AvgIpc) is 2.03. The van der Waals surface area contributed by atoms with Gasteiger partial charge in [0.05, 0.1) is 0 Å². The van der Waals surface area contributed by atoms with Crippen LogP contribution in [0, 0.1) is 0 Å². The maximum Gasteiger partial charge on any atom is 0.203 e. The van der Waals surface area contributed by atoms with Crippen LogP contribution in [0.4, 0.5) is 0 Å². The summed E-state index contributed by atoms with van der Waals surface area (Å²) >= 11 is -1.24. The number of rotatable bonds is 3. The highest BCUT2D eigenvalue weighted by atomic mass is 32.2. The number of hydrogen-bond donors (Lipinski definition) is 0. The second-order valence-electron chi connectivity index (χ2n) is 3.21. The Morgan fingerprint density at radius 3 is 2.62 bits per heavy atom. The normalized spacial score (nSPS) is 12.9. The molecule has 0 heterocycles. The molecule has 0 bridgehead atoms. The van der Waals surface area contributed by atoms with Gasteiger partial charge in [-0.2, -0.15) is 0 Å². The Hall–Kier alpha value is -0.830. The summed E-state index contributed by atoms with van der Waals surface area (Å²) in [6, 6.07) is 7.69. The van der Waals surface area contributed by atoms with E-state index in [9.17, 15) is 4.21 Å². The molecule has 0 radical (unpaired) electrons. The molecule has 0 amide bonds. The largest absolute Gasteiger partial charge is 0.401 e. The lowest BCUT2D eigenvalue weighted by Gasteiger charge is -2.07. The predicted molar refractivity (Wildman–Crippen MR) is 55.2 cm³/mol. The smallest absolute Gasteiger partial charge is 0.203 e. The lowest BCUT2D eigenvalue weighted by Crippen LogP contribution is -1.97. The van der Waals surface area contributed by atoms with E-state index in [-0.39, 0.29) is 0 Å². The van der Waals surface area contributed by atoms with Gasteiger partial charge in [-0.15, -0.1) is 0 Å². The zero-order valence-corrected chi connectivity index (χ0v) is 8.93. The fourth-order valence-corrected chi connectivity index (χ4v) is 1.44. The highest BCUT2D eigenvalue weighted by Crippen LogP contribution is 2.20. The standard InChI is InChI=1S/C10H14O2S/c1-8(2)9-5-4-6-10(7-9)12-13(3)11/h4-8H,1-3H3. The van der Waals surface area contributed by atoms with E-state index in [1.807, 2.05) is 24.3 Å². The molecule has 1 atom stereocenters. The first-order valence-corrected chi connectivity index (χ1v) is 5.69. The molecule has 1 aromatic rings. The molecule has 2 nitrogen and oxygen atoms in total. The van der Waals surface area contributed by atoms with Gasteiger partial charge in [-0.05, 0) is 23.6 Å². The van der Waals surface area contributed by atoms with Gasteiger partial charge >= 0.3 is 0 Å². The Bertz CT molecular complexity index is 308. The second-order valence-corrected chi connectivity index (χ2v) is 4.18. The van der Waals surface area contributed by atoms with E-state index in [1.165, 1.54) is 11.8 Å². The average molecular weight is 198 g/mol. The van der Waals surface area contributed by atoms with Crippen molar-refractivity contribution in [1.29, 1.82) is 0 Å². The third-order valence-corrected chi connectivity index (χ3v) is 2.17. The molecule has 0 aromatic heterocycles. The topological polar surface area (TPSA) is 26.3 Å². The lowest BCUT2D eigenvalue weighted by molar-refractivity contribution is 0.567. The van der Waals surface area contributed by atoms with E-state index in [0.717, 1.165) is 0 Å². The van der Waals surface area contributed by atoms with Crippen LogP contribution in [-0.2, 0) is 11.1 Å². The van der Waals surface area contributed by atoms with E-state index in [4.69, 9.17) is 4.18 Å². The Kier molecular flexibility index (Phi) is 3.48. The minimum absolute atomic E-state index is 0.467. The summed E-state index contributed by atoms with van der Waals surface area (Å²) in [5.74, 6) is 1.14. The van der Waals surface area contributed by atoms with Crippen molar-refractivity contribution in [1.82, 2.24) is 0 Å². The summed E-state index contributed by atoms with van der Waals surface area (Å²) < 4.78 is 15.9. The van der Waals surface area contributed by atoms with Gasteiger partial charge < -0.3 is 4.18 Å².